The zero-order valence-corrected chi connectivity index (χ0v) is 13.6. The molecule has 1 aliphatic rings. The average molecular weight is 328 g/mol. The van der Waals surface area contributed by atoms with Crippen LogP contribution in [0.4, 0.5) is 0 Å². The monoisotopic (exact) mass is 328 g/mol. The molecule has 5 nitrogen and oxygen atoms in total. The van der Waals surface area contributed by atoms with E-state index in [2.05, 4.69) is 4.90 Å². The minimum absolute atomic E-state index is 0. The summed E-state index contributed by atoms with van der Waals surface area (Å²) in [6.07, 6.45) is 1.70. The maximum Gasteiger partial charge on any atom is 0.243 e. The highest BCUT2D eigenvalue weighted by Crippen LogP contribution is 2.21. The Morgan fingerprint density at radius 2 is 1.77 bits per heavy atom. The van der Waals surface area contributed by atoms with Gasteiger partial charge < -0.3 is 9.64 Å². The van der Waals surface area contributed by atoms with Gasteiger partial charge in [-0.25, -0.2) is 8.42 Å². The Kier molecular flexibility index (Phi) is 7.48. The summed E-state index contributed by atoms with van der Waals surface area (Å²) in [5.74, 6) is 0. The van der Waals surface area contributed by atoms with Crippen LogP contribution in [0, 0.1) is 0 Å². The molecule has 0 N–H and O–H groups in total. The molecule has 1 aromatic carbocycles. The Balaban J connectivity index is 0.00000242. The van der Waals surface area contributed by atoms with Gasteiger partial charge in [-0.3, -0.25) is 0 Å². The first-order valence-electron chi connectivity index (χ1n) is 7.31. The van der Waals surface area contributed by atoms with Crippen LogP contribution in [0.15, 0.2) is 35.2 Å². The van der Waals surface area contributed by atoms with Crippen LogP contribution in [0.2, 0.25) is 0 Å². The zero-order chi connectivity index (χ0) is 15.3. The van der Waals surface area contributed by atoms with Crippen LogP contribution in [0.25, 0.3) is 0 Å². The molecule has 1 aliphatic heterocycles. The molecule has 6 heteroatoms. The lowest BCUT2D eigenvalue weighted by molar-refractivity contribution is 0.0149. The second-order valence-corrected chi connectivity index (χ2v) is 7.53. The van der Waals surface area contributed by atoms with E-state index >= 15 is 0 Å². The molecule has 0 bridgehead atoms. The van der Waals surface area contributed by atoms with E-state index in [4.69, 9.17) is 4.74 Å². The largest absolute Gasteiger partial charge is 0.377 e. The molecule has 1 saturated heterocycles. The van der Waals surface area contributed by atoms with Gasteiger partial charge in [0.25, 0.3) is 0 Å². The minimum Gasteiger partial charge on any atom is -0.377 e. The molecule has 0 aliphatic carbocycles. The first-order valence-corrected chi connectivity index (χ1v) is 8.75. The predicted octanol–water partition coefficient (Wildman–Crippen LogP) is 2.05. The number of hydrogen-bond acceptors (Lipinski definition) is 4. The van der Waals surface area contributed by atoms with Crippen LogP contribution >= 0.6 is 0 Å². The van der Waals surface area contributed by atoms with Crippen LogP contribution in [0.3, 0.4) is 0 Å². The van der Waals surface area contributed by atoms with E-state index in [1.807, 2.05) is 20.2 Å². The topological polar surface area (TPSA) is 49.9 Å². The van der Waals surface area contributed by atoms with E-state index in [1.165, 1.54) is 0 Å². The van der Waals surface area contributed by atoms with Crippen LogP contribution in [0.1, 0.15) is 20.3 Å². The summed E-state index contributed by atoms with van der Waals surface area (Å²) < 4.78 is 32.3. The molecule has 1 heterocycles. The standard InChI is InChI=1S/C15H24N2O3S.CH4/c1-16(2)12-13-20-14-8-10-17(11-9-14)21(18,19)15-6-4-3-5-7-15;/h3-7,14H,8-13H2,1-2H3;1H4. The average Bonchev–Trinajstić information content (AvgIpc) is 2.48. The van der Waals surface area contributed by atoms with Gasteiger partial charge in [-0.15, -0.1) is 0 Å². The van der Waals surface area contributed by atoms with Gasteiger partial charge in [-0.05, 0) is 39.1 Å². The number of ether oxygens (including phenoxy) is 1. The molecule has 2 rings (SSSR count). The fraction of sp³-hybridized carbons (Fsp3) is 0.625. The van der Waals surface area contributed by atoms with Crippen LogP contribution in [-0.4, -0.2) is 64.1 Å². The van der Waals surface area contributed by atoms with Crippen molar-refractivity contribution in [3.05, 3.63) is 30.3 Å². The molecular formula is C16H28N2O3S. The first kappa shape index (κ1) is 19.1. The van der Waals surface area contributed by atoms with Gasteiger partial charge in [0.15, 0.2) is 0 Å². The molecule has 1 aromatic rings. The van der Waals surface area contributed by atoms with Crippen molar-refractivity contribution < 1.29 is 13.2 Å². The van der Waals surface area contributed by atoms with Crippen LogP contribution < -0.4 is 0 Å². The third kappa shape index (κ3) is 5.05. The Morgan fingerprint density at radius 3 is 2.32 bits per heavy atom. The summed E-state index contributed by atoms with van der Waals surface area (Å²) in [6.45, 7) is 2.65. The number of rotatable bonds is 6. The lowest BCUT2D eigenvalue weighted by atomic mass is 10.1. The predicted molar refractivity (Wildman–Crippen MR) is 89.5 cm³/mol. The van der Waals surface area contributed by atoms with E-state index < -0.39 is 10.0 Å². The van der Waals surface area contributed by atoms with E-state index in [0.717, 1.165) is 19.4 Å². The second-order valence-electron chi connectivity index (χ2n) is 5.59. The summed E-state index contributed by atoms with van der Waals surface area (Å²) in [4.78, 5) is 2.45. The minimum atomic E-state index is -3.35. The Labute approximate surface area is 134 Å². The lowest BCUT2D eigenvalue weighted by Gasteiger charge is -2.31. The third-order valence-corrected chi connectivity index (χ3v) is 5.59. The SMILES string of the molecule is C.CN(C)CCOC1CCN(S(=O)(=O)c2ccccc2)CC1. The van der Waals surface area contributed by atoms with Crippen molar-refractivity contribution in [2.45, 2.75) is 31.3 Å². The first-order chi connectivity index (χ1) is 10.00. The van der Waals surface area contributed by atoms with Crippen molar-refractivity contribution in [3.63, 3.8) is 0 Å². The highest BCUT2D eigenvalue weighted by Gasteiger charge is 2.29. The number of sulfonamides is 1. The van der Waals surface area contributed by atoms with E-state index in [-0.39, 0.29) is 13.5 Å². The summed E-state index contributed by atoms with van der Waals surface area (Å²) in [6, 6.07) is 8.63. The van der Waals surface area contributed by atoms with Crippen LogP contribution in [0.5, 0.6) is 0 Å². The van der Waals surface area contributed by atoms with Gasteiger partial charge >= 0.3 is 0 Å². The highest BCUT2D eigenvalue weighted by molar-refractivity contribution is 7.89. The van der Waals surface area contributed by atoms with E-state index in [9.17, 15) is 8.42 Å². The van der Waals surface area contributed by atoms with E-state index in [0.29, 0.717) is 24.6 Å². The van der Waals surface area contributed by atoms with Gasteiger partial charge in [0, 0.05) is 19.6 Å². The molecule has 0 atom stereocenters. The van der Waals surface area contributed by atoms with Gasteiger partial charge in [-0.1, -0.05) is 25.6 Å². The Hall–Kier alpha value is -0.950. The number of piperidine rings is 1. The van der Waals surface area contributed by atoms with Gasteiger partial charge in [-0.2, -0.15) is 4.31 Å². The van der Waals surface area contributed by atoms with Gasteiger partial charge in [0.2, 0.25) is 10.0 Å². The van der Waals surface area contributed by atoms with Gasteiger partial charge in [0.1, 0.15) is 0 Å². The maximum absolute atomic E-state index is 12.5. The number of hydrogen-bond donors (Lipinski definition) is 0. The fourth-order valence-electron chi connectivity index (χ4n) is 2.38. The second kappa shape index (κ2) is 8.62. The fourth-order valence-corrected chi connectivity index (χ4v) is 3.87. The smallest absolute Gasteiger partial charge is 0.243 e. The maximum atomic E-state index is 12.5. The summed E-state index contributed by atoms with van der Waals surface area (Å²) in [7, 11) is 0.675. The Morgan fingerprint density at radius 1 is 1.18 bits per heavy atom. The lowest BCUT2D eigenvalue weighted by Crippen LogP contribution is -2.41. The number of nitrogens with zero attached hydrogens (tertiary/aromatic N) is 2. The third-order valence-electron chi connectivity index (χ3n) is 3.67. The van der Waals surface area contributed by atoms with Crippen molar-refractivity contribution in [3.8, 4) is 0 Å². The normalized spacial score (nSPS) is 17.4. The number of benzene rings is 1. The molecule has 0 radical (unpaired) electrons. The van der Waals surface area contributed by atoms with Crippen molar-refractivity contribution in [1.29, 1.82) is 0 Å². The Bertz CT molecular complexity index is 524. The zero-order valence-electron chi connectivity index (χ0n) is 12.7. The molecule has 0 saturated carbocycles. The molecule has 0 aromatic heterocycles. The highest BCUT2D eigenvalue weighted by atomic mass is 32.2. The van der Waals surface area contributed by atoms with Crippen molar-refractivity contribution in [2.75, 3.05) is 40.3 Å². The van der Waals surface area contributed by atoms with Crippen molar-refractivity contribution >= 4 is 10.0 Å². The summed E-state index contributed by atoms with van der Waals surface area (Å²) >= 11 is 0. The molecule has 0 unspecified atom stereocenters. The molecule has 0 amide bonds. The quantitative estimate of drug-likeness (QED) is 0.802. The van der Waals surface area contributed by atoms with Gasteiger partial charge in [0.05, 0.1) is 17.6 Å². The molecular weight excluding hydrogens is 300 g/mol. The van der Waals surface area contributed by atoms with Crippen LogP contribution in [-0.2, 0) is 14.8 Å². The molecule has 22 heavy (non-hydrogen) atoms. The summed E-state index contributed by atoms with van der Waals surface area (Å²) in [5, 5.41) is 0. The molecule has 126 valence electrons. The van der Waals surface area contributed by atoms with Crippen molar-refractivity contribution in [2.24, 2.45) is 0 Å². The molecule has 1 fully saturated rings. The van der Waals surface area contributed by atoms with E-state index in [1.54, 1.807) is 28.6 Å². The summed E-state index contributed by atoms with van der Waals surface area (Å²) in [5.41, 5.74) is 0. The number of likely N-dealkylation sites (N-methyl/N-ethyl adjacent to an activating group) is 1. The molecule has 0 spiro atoms. The van der Waals surface area contributed by atoms with Crippen molar-refractivity contribution in [1.82, 2.24) is 9.21 Å².